The third-order valence-corrected chi connectivity index (χ3v) is 6.44. The molecule has 0 aromatic heterocycles. The van der Waals surface area contributed by atoms with Crippen LogP contribution in [0.15, 0.2) is 42.5 Å². The van der Waals surface area contributed by atoms with Crippen molar-refractivity contribution < 1.29 is 13.6 Å². The Bertz CT molecular complexity index is 882. The Balaban J connectivity index is 1.34. The van der Waals surface area contributed by atoms with Gasteiger partial charge >= 0.3 is 0 Å². The number of piperidine rings is 1. The highest BCUT2D eigenvalue weighted by molar-refractivity contribution is 6.31. The molecule has 2 aromatic rings. The summed E-state index contributed by atoms with van der Waals surface area (Å²) in [5, 5.41) is 0.424. The highest BCUT2D eigenvalue weighted by atomic mass is 35.5. The molecule has 2 heterocycles. The van der Waals surface area contributed by atoms with Crippen LogP contribution in [-0.2, 0) is 11.3 Å². The molecule has 160 valence electrons. The first-order valence-corrected chi connectivity index (χ1v) is 10.8. The standard InChI is InChI=1S/C23H26ClF2N3O/c24-19-6-3-8-20(25)18(19)16-27-10-4-5-17(15-27)23(30)29-13-11-28(12-14-29)22-9-2-1-7-21(22)26/h1-3,6-9,17H,4-5,10-16H2. The summed E-state index contributed by atoms with van der Waals surface area (Å²) in [5.74, 6) is -0.482. The molecule has 0 spiro atoms. The fraction of sp³-hybridized carbons (Fsp3) is 0.435. The highest BCUT2D eigenvalue weighted by Gasteiger charge is 2.31. The van der Waals surface area contributed by atoms with Crippen LogP contribution in [0.4, 0.5) is 14.5 Å². The van der Waals surface area contributed by atoms with Crippen molar-refractivity contribution in [2.24, 2.45) is 5.92 Å². The van der Waals surface area contributed by atoms with Crippen LogP contribution >= 0.6 is 11.6 Å². The first kappa shape index (κ1) is 21.1. The number of likely N-dealkylation sites (tertiary alicyclic amines) is 1. The topological polar surface area (TPSA) is 26.8 Å². The zero-order chi connectivity index (χ0) is 21.1. The molecule has 1 atom stereocenters. The second-order valence-corrected chi connectivity index (χ2v) is 8.45. The maximum atomic E-state index is 14.1. The normalized spacial score (nSPS) is 20.4. The molecule has 0 N–H and O–H groups in total. The van der Waals surface area contributed by atoms with Crippen LogP contribution in [0, 0.1) is 17.6 Å². The summed E-state index contributed by atoms with van der Waals surface area (Å²) in [6.07, 6.45) is 1.74. The maximum Gasteiger partial charge on any atom is 0.227 e. The van der Waals surface area contributed by atoms with Crippen molar-refractivity contribution in [3.05, 3.63) is 64.7 Å². The lowest BCUT2D eigenvalue weighted by molar-refractivity contribution is -0.137. The summed E-state index contributed by atoms with van der Waals surface area (Å²) >= 11 is 6.17. The van der Waals surface area contributed by atoms with E-state index in [-0.39, 0.29) is 23.5 Å². The number of carbonyl (C=O) groups excluding carboxylic acids is 1. The number of anilines is 1. The van der Waals surface area contributed by atoms with Crippen molar-refractivity contribution >= 4 is 23.2 Å². The second-order valence-electron chi connectivity index (χ2n) is 8.04. The van der Waals surface area contributed by atoms with Crippen LogP contribution in [0.25, 0.3) is 0 Å². The van der Waals surface area contributed by atoms with E-state index in [0.29, 0.717) is 55.5 Å². The minimum absolute atomic E-state index is 0.0932. The van der Waals surface area contributed by atoms with Gasteiger partial charge in [-0.15, -0.1) is 0 Å². The van der Waals surface area contributed by atoms with E-state index in [2.05, 4.69) is 4.90 Å². The van der Waals surface area contributed by atoms with Crippen molar-refractivity contribution in [3.8, 4) is 0 Å². The summed E-state index contributed by atoms with van der Waals surface area (Å²) in [6.45, 7) is 4.26. The summed E-state index contributed by atoms with van der Waals surface area (Å²) in [7, 11) is 0. The van der Waals surface area contributed by atoms with E-state index in [1.165, 1.54) is 12.1 Å². The lowest BCUT2D eigenvalue weighted by Crippen LogP contribution is -2.52. The van der Waals surface area contributed by atoms with Gasteiger partial charge in [-0.1, -0.05) is 29.8 Å². The number of benzene rings is 2. The van der Waals surface area contributed by atoms with Crippen molar-refractivity contribution in [2.45, 2.75) is 19.4 Å². The van der Waals surface area contributed by atoms with Crippen LogP contribution in [0.1, 0.15) is 18.4 Å². The SMILES string of the molecule is O=C(C1CCCN(Cc2c(F)cccc2Cl)C1)N1CCN(c2ccccc2F)CC1. The van der Waals surface area contributed by atoms with Gasteiger partial charge in [-0.3, -0.25) is 9.69 Å². The van der Waals surface area contributed by atoms with E-state index in [9.17, 15) is 13.6 Å². The summed E-state index contributed by atoms with van der Waals surface area (Å²) < 4.78 is 28.2. The zero-order valence-corrected chi connectivity index (χ0v) is 17.6. The lowest BCUT2D eigenvalue weighted by atomic mass is 9.95. The summed E-state index contributed by atoms with van der Waals surface area (Å²) in [4.78, 5) is 19.1. The third kappa shape index (κ3) is 4.60. The van der Waals surface area contributed by atoms with Gasteiger partial charge in [0.25, 0.3) is 0 Å². The highest BCUT2D eigenvalue weighted by Crippen LogP contribution is 2.26. The molecule has 7 heteroatoms. The third-order valence-electron chi connectivity index (χ3n) is 6.08. The molecule has 4 nitrogen and oxygen atoms in total. The Hall–Kier alpha value is -2.18. The Labute approximate surface area is 181 Å². The number of amides is 1. The van der Waals surface area contributed by atoms with Crippen molar-refractivity contribution in [1.29, 1.82) is 0 Å². The number of piperazine rings is 1. The van der Waals surface area contributed by atoms with E-state index in [0.717, 1.165) is 19.4 Å². The summed E-state index contributed by atoms with van der Waals surface area (Å²) in [6, 6.07) is 11.5. The molecule has 1 unspecified atom stereocenters. The minimum Gasteiger partial charge on any atom is -0.366 e. The van der Waals surface area contributed by atoms with Crippen LogP contribution in [0.5, 0.6) is 0 Å². The number of halogens is 3. The number of rotatable bonds is 4. The van der Waals surface area contributed by atoms with Crippen LogP contribution < -0.4 is 4.90 Å². The molecule has 0 radical (unpaired) electrons. The fourth-order valence-electron chi connectivity index (χ4n) is 4.44. The molecule has 2 aliphatic heterocycles. The second kappa shape index (κ2) is 9.31. The van der Waals surface area contributed by atoms with Gasteiger partial charge in [0, 0.05) is 49.9 Å². The van der Waals surface area contributed by atoms with Crippen LogP contribution in [0.2, 0.25) is 5.02 Å². The largest absolute Gasteiger partial charge is 0.366 e. The van der Waals surface area contributed by atoms with Gasteiger partial charge in [0.15, 0.2) is 0 Å². The lowest BCUT2D eigenvalue weighted by Gasteiger charge is -2.39. The van der Waals surface area contributed by atoms with Gasteiger partial charge in [-0.05, 0) is 43.7 Å². The molecule has 2 aliphatic rings. The van der Waals surface area contributed by atoms with E-state index in [1.807, 2.05) is 15.9 Å². The van der Waals surface area contributed by atoms with Gasteiger partial charge in [0.05, 0.1) is 11.6 Å². The smallest absolute Gasteiger partial charge is 0.227 e. The van der Waals surface area contributed by atoms with E-state index < -0.39 is 0 Å². The van der Waals surface area contributed by atoms with Gasteiger partial charge in [-0.2, -0.15) is 0 Å². The zero-order valence-electron chi connectivity index (χ0n) is 16.9. The average Bonchev–Trinajstić information content (AvgIpc) is 2.77. The molecular formula is C23H26ClF2N3O. The summed E-state index contributed by atoms with van der Waals surface area (Å²) in [5.41, 5.74) is 1.08. The van der Waals surface area contributed by atoms with Crippen LogP contribution in [-0.4, -0.2) is 55.0 Å². The first-order valence-electron chi connectivity index (χ1n) is 10.5. The van der Waals surface area contributed by atoms with Crippen molar-refractivity contribution in [3.63, 3.8) is 0 Å². The number of carbonyl (C=O) groups is 1. The molecule has 0 bridgehead atoms. The molecule has 2 saturated heterocycles. The molecule has 4 rings (SSSR count). The van der Waals surface area contributed by atoms with Gasteiger partial charge in [-0.25, -0.2) is 8.78 Å². The average molecular weight is 434 g/mol. The molecule has 1 amide bonds. The van der Waals surface area contributed by atoms with Gasteiger partial charge < -0.3 is 9.80 Å². The Morgan fingerprint density at radius 1 is 0.967 bits per heavy atom. The Morgan fingerprint density at radius 3 is 2.43 bits per heavy atom. The predicted octanol–water partition coefficient (Wildman–Crippen LogP) is 4.18. The number of para-hydroxylation sites is 1. The maximum absolute atomic E-state index is 14.1. The monoisotopic (exact) mass is 433 g/mol. The quantitative estimate of drug-likeness (QED) is 0.723. The van der Waals surface area contributed by atoms with Gasteiger partial charge in [0.2, 0.25) is 5.91 Å². The van der Waals surface area contributed by atoms with E-state index in [1.54, 1.807) is 24.3 Å². The fourth-order valence-corrected chi connectivity index (χ4v) is 4.66. The van der Waals surface area contributed by atoms with E-state index in [4.69, 9.17) is 11.6 Å². The van der Waals surface area contributed by atoms with Gasteiger partial charge in [0.1, 0.15) is 11.6 Å². The van der Waals surface area contributed by atoms with E-state index >= 15 is 0 Å². The van der Waals surface area contributed by atoms with Crippen molar-refractivity contribution in [2.75, 3.05) is 44.2 Å². The molecule has 2 aromatic carbocycles. The molecule has 2 fully saturated rings. The minimum atomic E-state index is -0.305. The molecule has 30 heavy (non-hydrogen) atoms. The predicted molar refractivity (Wildman–Crippen MR) is 115 cm³/mol. The van der Waals surface area contributed by atoms with Crippen molar-refractivity contribution in [1.82, 2.24) is 9.80 Å². The Morgan fingerprint density at radius 2 is 1.70 bits per heavy atom. The number of nitrogens with zero attached hydrogens (tertiary/aromatic N) is 3. The van der Waals surface area contributed by atoms with Crippen LogP contribution in [0.3, 0.4) is 0 Å². The number of hydrogen-bond donors (Lipinski definition) is 0. The Kier molecular flexibility index (Phi) is 6.54. The number of hydrogen-bond acceptors (Lipinski definition) is 3. The first-order chi connectivity index (χ1) is 14.5. The molecule has 0 aliphatic carbocycles. The molecular weight excluding hydrogens is 408 g/mol. The molecule has 0 saturated carbocycles.